The summed E-state index contributed by atoms with van der Waals surface area (Å²) in [4.78, 5) is 0. The van der Waals surface area contributed by atoms with Crippen molar-refractivity contribution in [2.24, 2.45) is 17.6 Å². The Hall–Kier alpha value is -0.810. The quantitative estimate of drug-likeness (QED) is 0.699. The molecular formula is C12H20N2. The van der Waals surface area contributed by atoms with E-state index in [1.165, 1.54) is 5.57 Å². The Balaban J connectivity index is 2.63. The number of nitrogens with two attached hydrogens (primary N) is 1. The zero-order chi connectivity index (χ0) is 10.6. The zero-order valence-electron chi connectivity index (χ0n) is 9.16. The van der Waals surface area contributed by atoms with Gasteiger partial charge in [-0.3, -0.25) is 0 Å². The topological polar surface area (TPSA) is 49.8 Å². The molecule has 1 aliphatic carbocycles. The lowest BCUT2D eigenvalue weighted by atomic mass is 9.95. The van der Waals surface area contributed by atoms with Crippen LogP contribution >= 0.6 is 0 Å². The van der Waals surface area contributed by atoms with E-state index in [9.17, 15) is 0 Å². The molecule has 0 unspecified atom stereocenters. The van der Waals surface area contributed by atoms with Gasteiger partial charge < -0.3 is 5.73 Å². The number of rotatable bonds is 3. The zero-order valence-corrected chi connectivity index (χ0v) is 9.16. The number of hydrogen-bond acceptors (Lipinski definition) is 2. The SMILES string of the molecule is CC[C@@H](C)[C@H](N)/C=C1\CCC[C@@H]1C#N. The lowest BCUT2D eigenvalue weighted by Gasteiger charge is -2.15. The molecule has 2 nitrogen and oxygen atoms in total. The average Bonchev–Trinajstić information content (AvgIpc) is 2.63. The molecule has 0 aromatic rings. The van der Waals surface area contributed by atoms with Crippen LogP contribution in [0.3, 0.4) is 0 Å². The molecule has 0 spiro atoms. The van der Waals surface area contributed by atoms with Crippen LogP contribution in [0, 0.1) is 23.2 Å². The third-order valence-electron chi connectivity index (χ3n) is 3.27. The van der Waals surface area contributed by atoms with Gasteiger partial charge in [0.2, 0.25) is 0 Å². The second-order valence-electron chi connectivity index (χ2n) is 4.28. The number of nitriles is 1. The predicted molar refractivity (Wildman–Crippen MR) is 58.5 cm³/mol. The second-order valence-corrected chi connectivity index (χ2v) is 4.28. The maximum absolute atomic E-state index is 8.91. The van der Waals surface area contributed by atoms with Crippen molar-refractivity contribution in [1.82, 2.24) is 0 Å². The minimum atomic E-state index is 0.129. The molecule has 14 heavy (non-hydrogen) atoms. The van der Waals surface area contributed by atoms with Crippen LogP contribution in [0.1, 0.15) is 39.5 Å². The molecule has 0 radical (unpaired) electrons. The average molecular weight is 192 g/mol. The molecule has 1 saturated carbocycles. The summed E-state index contributed by atoms with van der Waals surface area (Å²) in [6, 6.07) is 2.48. The molecule has 0 aromatic carbocycles. The van der Waals surface area contributed by atoms with Crippen LogP contribution in [-0.2, 0) is 0 Å². The molecule has 0 aliphatic heterocycles. The van der Waals surface area contributed by atoms with Crippen LogP contribution in [-0.4, -0.2) is 6.04 Å². The summed E-state index contributed by atoms with van der Waals surface area (Å²) in [5.74, 6) is 0.660. The van der Waals surface area contributed by atoms with Crippen molar-refractivity contribution in [1.29, 1.82) is 5.26 Å². The maximum Gasteiger partial charge on any atom is 0.0700 e. The molecule has 0 heterocycles. The third-order valence-corrected chi connectivity index (χ3v) is 3.27. The van der Waals surface area contributed by atoms with Gasteiger partial charge in [0.15, 0.2) is 0 Å². The van der Waals surface area contributed by atoms with Gasteiger partial charge in [0.25, 0.3) is 0 Å². The minimum absolute atomic E-state index is 0.129. The highest BCUT2D eigenvalue weighted by Gasteiger charge is 2.21. The summed E-state index contributed by atoms with van der Waals surface area (Å²) in [6.45, 7) is 4.32. The van der Waals surface area contributed by atoms with E-state index in [0.29, 0.717) is 5.92 Å². The lowest BCUT2D eigenvalue weighted by molar-refractivity contribution is 0.499. The molecule has 0 amide bonds. The van der Waals surface area contributed by atoms with Crippen LogP contribution in [0.15, 0.2) is 11.6 Å². The summed E-state index contributed by atoms with van der Waals surface area (Å²) in [6.07, 6.45) is 6.48. The highest BCUT2D eigenvalue weighted by atomic mass is 14.6. The van der Waals surface area contributed by atoms with E-state index in [2.05, 4.69) is 26.0 Å². The van der Waals surface area contributed by atoms with Crippen molar-refractivity contribution in [3.8, 4) is 6.07 Å². The van der Waals surface area contributed by atoms with E-state index < -0.39 is 0 Å². The fourth-order valence-corrected chi connectivity index (χ4v) is 1.90. The van der Waals surface area contributed by atoms with Crippen LogP contribution < -0.4 is 5.73 Å². The summed E-state index contributed by atoms with van der Waals surface area (Å²) < 4.78 is 0. The van der Waals surface area contributed by atoms with Crippen molar-refractivity contribution in [2.45, 2.75) is 45.6 Å². The van der Waals surface area contributed by atoms with Gasteiger partial charge in [0, 0.05) is 6.04 Å². The first-order chi connectivity index (χ1) is 6.69. The third kappa shape index (κ3) is 2.59. The minimum Gasteiger partial charge on any atom is -0.324 e. The molecule has 1 fully saturated rings. The Kier molecular flexibility index (Phi) is 4.16. The number of nitrogens with zero attached hydrogens (tertiary/aromatic N) is 1. The summed E-state index contributed by atoms with van der Waals surface area (Å²) >= 11 is 0. The highest BCUT2D eigenvalue weighted by molar-refractivity contribution is 5.20. The van der Waals surface area contributed by atoms with Gasteiger partial charge in [-0.05, 0) is 25.2 Å². The van der Waals surface area contributed by atoms with Crippen molar-refractivity contribution in [3.63, 3.8) is 0 Å². The highest BCUT2D eigenvalue weighted by Crippen LogP contribution is 2.31. The van der Waals surface area contributed by atoms with Crippen molar-refractivity contribution < 1.29 is 0 Å². The van der Waals surface area contributed by atoms with Gasteiger partial charge in [-0.2, -0.15) is 5.26 Å². The first-order valence-electron chi connectivity index (χ1n) is 5.54. The van der Waals surface area contributed by atoms with Gasteiger partial charge >= 0.3 is 0 Å². The normalized spacial score (nSPS) is 28.7. The summed E-state index contributed by atoms with van der Waals surface area (Å²) in [5.41, 5.74) is 7.32. The fraction of sp³-hybridized carbons (Fsp3) is 0.750. The van der Waals surface area contributed by atoms with E-state index in [4.69, 9.17) is 11.0 Å². The van der Waals surface area contributed by atoms with Crippen molar-refractivity contribution in [3.05, 3.63) is 11.6 Å². The van der Waals surface area contributed by atoms with Gasteiger partial charge in [-0.25, -0.2) is 0 Å². The number of hydrogen-bond donors (Lipinski definition) is 1. The van der Waals surface area contributed by atoms with E-state index in [-0.39, 0.29) is 12.0 Å². The number of allylic oxidation sites excluding steroid dienone is 1. The molecule has 2 heteroatoms. The summed E-state index contributed by atoms with van der Waals surface area (Å²) in [5, 5.41) is 8.91. The van der Waals surface area contributed by atoms with Crippen molar-refractivity contribution >= 4 is 0 Å². The Labute approximate surface area is 86.8 Å². The molecule has 1 rings (SSSR count). The molecule has 1 aliphatic rings. The molecular weight excluding hydrogens is 172 g/mol. The molecule has 2 N–H and O–H groups in total. The molecule has 0 saturated heterocycles. The molecule has 0 bridgehead atoms. The molecule has 78 valence electrons. The van der Waals surface area contributed by atoms with Gasteiger partial charge in [-0.15, -0.1) is 0 Å². The largest absolute Gasteiger partial charge is 0.324 e. The van der Waals surface area contributed by atoms with Gasteiger partial charge in [0.1, 0.15) is 0 Å². The Morgan fingerprint density at radius 2 is 2.43 bits per heavy atom. The van der Waals surface area contributed by atoms with Crippen LogP contribution in [0.2, 0.25) is 0 Å². The van der Waals surface area contributed by atoms with Crippen LogP contribution in [0.25, 0.3) is 0 Å². The first kappa shape index (κ1) is 11.3. The standard InChI is InChI=1S/C12H20N2/c1-3-9(2)12(14)7-10-5-4-6-11(10)8-13/h7,9,11-12H,3-6,14H2,1-2H3/b10-7+/t9-,11-,12-/m1/s1. The molecule has 0 aromatic heterocycles. The van der Waals surface area contributed by atoms with E-state index in [0.717, 1.165) is 25.7 Å². The first-order valence-corrected chi connectivity index (χ1v) is 5.54. The fourth-order valence-electron chi connectivity index (χ4n) is 1.90. The second kappa shape index (κ2) is 5.17. The van der Waals surface area contributed by atoms with E-state index in [1.807, 2.05) is 0 Å². The van der Waals surface area contributed by atoms with E-state index in [1.54, 1.807) is 0 Å². The van der Waals surface area contributed by atoms with Crippen LogP contribution in [0.4, 0.5) is 0 Å². The Morgan fingerprint density at radius 3 is 3.00 bits per heavy atom. The van der Waals surface area contributed by atoms with E-state index >= 15 is 0 Å². The lowest BCUT2D eigenvalue weighted by Crippen LogP contribution is -2.26. The smallest absolute Gasteiger partial charge is 0.0700 e. The Bertz CT molecular complexity index is 250. The monoisotopic (exact) mass is 192 g/mol. The summed E-state index contributed by atoms with van der Waals surface area (Å²) in [7, 11) is 0. The van der Waals surface area contributed by atoms with Crippen molar-refractivity contribution in [2.75, 3.05) is 0 Å². The predicted octanol–water partition coefficient (Wildman–Crippen LogP) is 2.61. The Morgan fingerprint density at radius 1 is 1.71 bits per heavy atom. The molecule has 3 atom stereocenters. The maximum atomic E-state index is 8.91. The van der Waals surface area contributed by atoms with Crippen LogP contribution in [0.5, 0.6) is 0 Å². The van der Waals surface area contributed by atoms with Gasteiger partial charge in [0.05, 0.1) is 12.0 Å². The van der Waals surface area contributed by atoms with Gasteiger partial charge in [-0.1, -0.05) is 31.9 Å².